The highest BCUT2D eigenvalue weighted by atomic mass is 16.6. The molecular formula is C13H17NO4. The second-order valence-corrected chi connectivity index (χ2v) is 4.16. The van der Waals surface area contributed by atoms with Crippen LogP contribution in [0.1, 0.15) is 5.56 Å². The number of nitrogens with zero attached hydrogens (tertiary/aromatic N) is 1. The first-order valence-electron chi connectivity index (χ1n) is 5.97. The maximum Gasteiger partial charge on any atom is 0.410 e. The van der Waals surface area contributed by atoms with Crippen LogP contribution in [0, 0.1) is 0 Å². The maximum atomic E-state index is 11.6. The molecule has 1 amide bonds. The van der Waals surface area contributed by atoms with Gasteiger partial charge in [-0.1, -0.05) is 30.3 Å². The van der Waals surface area contributed by atoms with Gasteiger partial charge in [-0.2, -0.15) is 0 Å². The summed E-state index contributed by atoms with van der Waals surface area (Å²) in [7, 11) is 0. The number of hydrogen-bond donors (Lipinski definition) is 1. The third-order valence-corrected chi connectivity index (χ3v) is 2.76. The van der Waals surface area contributed by atoms with Gasteiger partial charge in [0.25, 0.3) is 0 Å². The molecule has 0 saturated carbocycles. The Morgan fingerprint density at radius 2 is 2.06 bits per heavy atom. The summed E-state index contributed by atoms with van der Waals surface area (Å²) in [5, 5.41) is 8.59. The van der Waals surface area contributed by atoms with E-state index in [1.165, 1.54) is 0 Å². The number of aliphatic hydroxyl groups excluding tert-OH is 1. The van der Waals surface area contributed by atoms with Crippen LogP contribution in [0.15, 0.2) is 30.3 Å². The van der Waals surface area contributed by atoms with Crippen molar-refractivity contribution < 1.29 is 19.4 Å². The van der Waals surface area contributed by atoms with Crippen molar-refractivity contribution in [3.05, 3.63) is 35.9 Å². The molecule has 0 atom stereocenters. The second-order valence-electron chi connectivity index (χ2n) is 4.16. The Bertz CT molecular complexity index is 376. The van der Waals surface area contributed by atoms with Crippen LogP contribution in [0.25, 0.3) is 0 Å². The Morgan fingerprint density at radius 3 is 2.72 bits per heavy atom. The van der Waals surface area contributed by atoms with Crippen molar-refractivity contribution in [2.24, 2.45) is 0 Å². The number of rotatable bonds is 5. The highest BCUT2D eigenvalue weighted by molar-refractivity contribution is 5.68. The van der Waals surface area contributed by atoms with Crippen molar-refractivity contribution in [1.29, 1.82) is 0 Å². The fourth-order valence-corrected chi connectivity index (χ4v) is 1.72. The van der Waals surface area contributed by atoms with E-state index >= 15 is 0 Å². The quantitative estimate of drug-likeness (QED) is 0.848. The van der Waals surface area contributed by atoms with Gasteiger partial charge in [-0.05, 0) is 5.56 Å². The standard InChI is InChI=1S/C13H17NO4/c15-6-7-17-12-8-14(9-12)13(16)18-10-11-4-2-1-3-5-11/h1-5,12,15H,6-10H2. The van der Waals surface area contributed by atoms with Crippen molar-refractivity contribution in [3.63, 3.8) is 0 Å². The average Bonchev–Trinajstić information content (AvgIpc) is 2.36. The predicted molar refractivity (Wildman–Crippen MR) is 65.0 cm³/mol. The fourth-order valence-electron chi connectivity index (χ4n) is 1.72. The topological polar surface area (TPSA) is 59.0 Å². The lowest BCUT2D eigenvalue weighted by Crippen LogP contribution is -2.55. The van der Waals surface area contributed by atoms with E-state index in [0.29, 0.717) is 26.3 Å². The van der Waals surface area contributed by atoms with Gasteiger partial charge < -0.3 is 19.5 Å². The monoisotopic (exact) mass is 251 g/mol. The molecule has 1 aliphatic heterocycles. The molecule has 0 bridgehead atoms. The summed E-state index contributed by atoms with van der Waals surface area (Å²) >= 11 is 0. The lowest BCUT2D eigenvalue weighted by Gasteiger charge is -2.37. The van der Waals surface area contributed by atoms with Gasteiger partial charge in [0.1, 0.15) is 6.61 Å². The van der Waals surface area contributed by atoms with Crippen LogP contribution in [-0.2, 0) is 16.1 Å². The zero-order valence-electron chi connectivity index (χ0n) is 10.1. The molecular weight excluding hydrogens is 234 g/mol. The number of hydrogen-bond acceptors (Lipinski definition) is 4. The van der Waals surface area contributed by atoms with Crippen molar-refractivity contribution >= 4 is 6.09 Å². The van der Waals surface area contributed by atoms with Gasteiger partial charge in [0.15, 0.2) is 0 Å². The lowest BCUT2D eigenvalue weighted by molar-refractivity contribution is -0.0590. The van der Waals surface area contributed by atoms with Gasteiger partial charge >= 0.3 is 6.09 Å². The Hall–Kier alpha value is -1.59. The number of carbonyl (C=O) groups excluding carboxylic acids is 1. The Labute approximate surface area is 106 Å². The molecule has 1 saturated heterocycles. The smallest absolute Gasteiger partial charge is 0.410 e. The predicted octanol–water partition coefficient (Wildman–Crippen LogP) is 1.02. The normalized spacial score (nSPS) is 15.3. The summed E-state index contributed by atoms with van der Waals surface area (Å²) in [4.78, 5) is 13.2. The molecule has 98 valence electrons. The van der Waals surface area contributed by atoms with E-state index < -0.39 is 0 Å². The third kappa shape index (κ3) is 3.45. The summed E-state index contributed by atoms with van der Waals surface area (Å²) in [6.45, 7) is 1.69. The molecule has 1 aromatic carbocycles. The van der Waals surface area contributed by atoms with Crippen LogP contribution >= 0.6 is 0 Å². The molecule has 1 heterocycles. The molecule has 1 fully saturated rings. The van der Waals surface area contributed by atoms with E-state index in [0.717, 1.165) is 5.56 Å². The van der Waals surface area contributed by atoms with E-state index in [-0.39, 0.29) is 18.8 Å². The first-order valence-corrected chi connectivity index (χ1v) is 5.97. The largest absolute Gasteiger partial charge is 0.445 e. The van der Waals surface area contributed by atoms with E-state index in [1.54, 1.807) is 4.90 Å². The van der Waals surface area contributed by atoms with Gasteiger partial charge in [-0.15, -0.1) is 0 Å². The molecule has 5 nitrogen and oxygen atoms in total. The summed E-state index contributed by atoms with van der Waals surface area (Å²) in [5.74, 6) is 0. The highest BCUT2D eigenvalue weighted by Crippen LogP contribution is 2.13. The van der Waals surface area contributed by atoms with E-state index in [2.05, 4.69) is 0 Å². The van der Waals surface area contributed by atoms with E-state index in [4.69, 9.17) is 14.6 Å². The van der Waals surface area contributed by atoms with Gasteiger partial charge in [0.05, 0.1) is 32.4 Å². The molecule has 0 spiro atoms. The SMILES string of the molecule is O=C(OCc1ccccc1)N1CC(OCCO)C1. The highest BCUT2D eigenvalue weighted by Gasteiger charge is 2.32. The van der Waals surface area contributed by atoms with Crippen LogP contribution in [0.4, 0.5) is 4.79 Å². The first kappa shape index (κ1) is 12.9. The minimum atomic E-state index is -0.317. The number of likely N-dealkylation sites (tertiary alicyclic amines) is 1. The van der Waals surface area contributed by atoms with E-state index in [9.17, 15) is 4.79 Å². The number of amides is 1. The first-order chi connectivity index (χ1) is 8.79. The maximum absolute atomic E-state index is 11.6. The summed E-state index contributed by atoms with van der Waals surface area (Å²) in [6.07, 6.45) is -0.288. The Balaban J connectivity index is 1.65. The lowest BCUT2D eigenvalue weighted by atomic mass is 10.2. The molecule has 2 rings (SSSR count). The van der Waals surface area contributed by atoms with Crippen molar-refractivity contribution in [1.82, 2.24) is 4.90 Å². The second kappa shape index (κ2) is 6.37. The molecule has 1 N–H and O–H groups in total. The zero-order chi connectivity index (χ0) is 12.8. The molecule has 0 aliphatic carbocycles. The minimum absolute atomic E-state index is 0.00888. The summed E-state index contributed by atoms with van der Waals surface area (Å²) < 4.78 is 10.4. The van der Waals surface area contributed by atoms with E-state index in [1.807, 2.05) is 30.3 Å². The molecule has 5 heteroatoms. The van der Waals surface area contributed by atoms with Crippen molar-refractivity contribution in [2.45, 2.75) is 12.7 Å². The molecule has 1 aromatic rings. The van der Waals surface area contributed by atoms with Crippen molar-refractivity contribution in [2.75, 3.05) is 26.3 Å². The molecule has 0 radical (unpaired) electrons. The number of ether oxygens (including phenoxy) is 2. The Morgan fingerprint density at radius 1 is 1.33 bits per heavy atom. The van der Waals surface area contributed by atoms with Crippen LogP contribution in [0.3, 0.4) is 0 Å². The average molecular weight is 251 g/mol. The zero-order valence-corrected chi connectivity index (χ0v) is 10.1. The number of aliphatic hydroxyl groups is 1. The molecule has 1 aliphatic rings. The van der Waals surface area contributed by atoms with Crippen LogP contribution in [-0.4, -0.2) is 48.5 Å². The molecule has 0 aromatic heterocycles. The van der Waals surface area contributed by atoms with Gasteiger partial charge in [0, 0.05) is 0 Å². The molecule has 0 unspecified atom stereocenters. The number of carbonyl (C=O) groups is 1. The van der Waals surface area contributed by atoms with Crippen LogP contribution in [0.2, 0.25) is 0 Å². The van der Waals surface area contributed by atoms with Gasteiger partial charge in [-0.25, -0.2) is 4.79 Å². The minimum Gasteiger partial charge on any atom is -0.445 e. The van der Waals surface area contributed by atoms with Crippen LogP contribution in [0.5, 0.6) is 0 Å². The van der Waals surface area contributed by atoms with Crippen molar-refractivity contribution in [3.8, 4) is 0 Å². The fraction of sp³-hybridized carbons (Fsp3) is 0.462. The summed E-state index contributed by atoms with van der Waals surface area (Å²) in [6, 6.07) is 9.56. The van der Waals surface area contributed by atoms with Crippen LogP contribution < -0.4 is 0 Å². The third-order valence-electron chi connectivity index (χ3n) is 2.76. The summed E-state index contributed by atoms with van der Waals surface area (Å²) in [5.41, 5.74) is 0.972. The van der Waals surface area contributed by atoms with Gasteiger partial charge in [-0.3, -0.25) is 0 Å². The number of benzene rings is 1. The molecule has 18 heavy (non-hydrogen) atoms. The van der Waals surface area contributed by atoms with Gasteiger partial charge in [0.2, 0.25) is 0 Å². The Kier molecular flexibility index (Phi) is 4.55.